The van der Waals surface area contributed by atoms with E-state index >= 15 is 0 Å². The van der Waals surface area contributed by atoms with Crippen LogP contribution in [-0.4, -0.2) is 28.7 Å². The van der Waals surface area contributed by atoms with E-state index in [0.717, 1.165) is 35.6 Å². The molecule has 1 fully saturated rings. The fraction of sp³-hybridized carbons (Fsp3) is 0.200. The maximum absolute atomic E-state index is 9.07. The quantitative estimate of drug-likeness (QED) is 0.571. The average molecular weight is 393 g/mol. The molecule has 3 aromatic carbocycles. The van der Waals surface area contributed by atoms with Crippen molar-refractivity contribution in [2.24, 2.45) is 5.73 Å². The Kier molecular flexibility index (Phi) is 4.70. The lowest BCUT2D eigenvalue weighted by Gasteiger charge is -2.20. The van der Waals surface area contributed by atoms with E-state index in [2.05, 4.69) is 51.9 Å². The molecule has 5 rings (SSSR count). The van der Waals surface area contributed by atoms with Crippen molar-refractivity contribution < 1.29 is 0 Å². The lowest BCUT2D eigenvalue weighted by atomic mass is 9.95. The minimum absolute atomic E-state index is 0.0653. The lowest BCUT2D eigenvalue weighted by molar-refractivity contribution is 0.653. The van der Waals surface area contributed by atoms with Gasteiger partial charge in [-0.25, -0.2) is 4.98 Å². The van der Waals surface area contributed by atoms with Crippen LogP contribution in [0.2, 0.25) is 0 Å². The molecule has 0 radical (unpaired) electrons. The van der Waals surface area contributed by atoms with Crippen molar-refractivity contribution >= 4 is 17.0 Å². The van der Waals surface area contributed by atoms with E-state index < -0.39 is 0 Å². The SMILES string of the molecule is N#Cc1ccc(Cn2c(N3C[C@@H](N)[C@H](c4ccccc4)C3)nc3ccccc32)cc1. The molecule has 0 unspecified atom stereocenters. The van der Waals surface area contributed by atoms with Gasteiger partial charge in [0.15, 0.2) is 0 Å². The number of nitrogens with zero attached hydrogens (tertiary/aromatic N) is 4. The average Bonchev–Trinajstić information content (AvgIpc) is 3.35. The van der Waals surface area contributed by atoms with Gasteiger partial charge in [0.25, 0.3) is 0 Å². The van der Waals surface area contributed by atoms with Gasteiger partial charge in [0.2, 0.25) is 5.95 Å². The molecule has 2 heterocycles. The first kappa shape index (κ1) is 18.4. The van der Waals surface area contributed by atoms with Gasteiger partial charge >= 0.3 is 0 Å². The van der Waals surface area contributed by atoms with Gasteiger partial charge in [-0.15, -0.1) is 0 Å². The van der Waals surface area contributed by atoms with Crippen molar-refractivity contribution in [2.45, 2.75) is 18.5 Å². The molecule has 0 bridgehead atoms. The molecule has 0 saturated carbocycles. The maximum Gasteiger partial charge on any atom is 0.206 e. The van der Waals surface area contributed by atoms with Crippen LogP contribution in [-0.2, 0) is 6.54 Å². The number of nitrogens with two attached hydrogens (primary N) is 1. The molecule has 1 aliphatic heterocycles. The Labute approximate surface area is 176 Å². The Hall–Kier alpha value is -3.62. The largest absolute Gasteiger partial charge is 0.340 e. The molecule has 30 heavy (non-hydrogen) atoms. The van der Waals surface area contributed by atoms with Gasteiger partial charge in [0.05, 0.1) is 29.2 Å². The molecule has 0 aliphatic carbocycles. The van der Waals surface area contributed by atoms with Crippen molar-refractivity contribution in [1.82, 2.24) is 9.55 Å². The third-order valence-electron chi connectivity index (χ3n) is 5.93. The molecule has 2 N–H and O–H groups in total. The summed E-state index contributed by atoms with van der Waals surface area (Å²) < 4.78 is 2.26. The topological polar surface area (TPSA) is 70.9 Å². The van der Waals surface area contributed by atoms with E-state index in [9.17, 15) is 0 Å². The smallest absolute Gasteiger partial charge is 0.206 e. The predicted molar refractivity (Wildman–Crippen MR) is 119 cm³/mol. The zero-order valence-corrected chi connectivity index (χ0v) is 16.6. The molecule has 1 aromatic heterocycles. The van der Waals surface area contributed by atoms with E-state index in [1.807, 2.05) is 42.5 Å². The molecule has 5 nitrogen and oxygen atoms in total. The fourth-order valence-corrected chi connectivity index (χ4v) is 4.37. The van der Waals surface area contributed by atoms with Crippen LogP contribution in [0.15, 0.2) is 78.9 Å². The number of nitriles is 1. The highest BCUT2D eigenvalue weighted by Gasteiger charge is 2.33. The summed E-state index contributed by atoms with van der Waals surface area (Å²) in [6.45, 7) is 2.32. The number of benzene rings is 3. The highest BCUT2D eigenvalue weighted by Crippen LogP contribution is 2.32. The molecule has 148 valence electrons. The zero-order valence-electron chi connectivity index (χ0n) is 16.6. The van der Waals surface area contributed by atoms with E-state index in [1.165, 1.54) is 5.56 Å². The van der Waals surface area contributed by atoms with E-state index in [0.29, 0.717) is 12.1 Å². The Bertz CT molecular complexity index is 1200. The first-order valence-electron chi connectivity index (χ1n) is 10.2. The van der Waals surface area contributed by atoms with Gasteiger partial charge in [-0.1, -0.05) is 54.6 Å². The summed E-state index contributed by atoms with van der Waals surface area (Å²) in [7, 11) is 0. The minimum atomic E-state index is 0.0653. The molecule has 5 heteroatoms. The van der Waals surface area contributed by atoms with E-state index in [-0.39, 0.29) is 12.0 Å². The number of imidazole rings is 1. The Morgan fingerprint density at radius 3 is 2.43 bits per heavy atom. The van der Waals surface area contributed by atoms with Gasteiger partial charge in [-0.2, -0.15) is 5.26 Å². The predicted octanol–water partition coefficient (Wildman–Crippen LogP) is 3.89. The van der Waals surface area contributed by atoms with Crippen LogP contribution in [0.5, 0.6) is 0 Å². The summed E-state index contributed by atoms with van der Waals surface area (Å²) in [5.74, 6) is 1.24. The fourth-order valence-electron chi connectivity index (χ4n) is 4.37. The van der Waals surface area contributed by atoms with Crippen molar-refractivity contribution in [3.8, 4) is 6.07 Å². The van der Waals surface area contributed by atoms with Crippen LogP contribution < -0.4 is 10.6 Å². The van der Waals surface area contributed by atoms with Gasteiger partial charge in [-0.3, -0.25) is 0 Å². The van der Waals surface area contributed by atoms with Crippen LogP contribution in [0.25, 0.3) is 11.0 Å². The highest BCUT2D eigenvalue weighted by atomic mass is 15.3. The summed E-state index contributed by atoms with van der Waals surface area (Å²) in [5, 5.41) is 9.07. The second-order valence-electron chi connectivity index (χ2n) is 7.88. The Morgan fingerprint density at radius 2 is 1.67 bits per heavy atom. The third kappa shape index (κ3) is 3.32. The molecule has 4 aromatic rings. The second-order valence-corrected chi connectivity index (χ2v) is 7.88. The lowest BCUT2D eigenvalue weighted by Crippen LogP contribution is -2.29. The monoisotopic (exact) mass is 393 g/mol. The Morgan fingerprint density at radius 1 is 0.933 bits per heavy atom. The second kappa shape index (κ2) is 7.66. The molecule has 1 aliphatic rings. The van der Waals surface area contributed by atoms with E-state index in [4.69, 9.17) is 16.0 Å². The van der Waals surface area contributed by atoms with Crippen molar-refractivity contribution in [3.05, 3.63) is 95.6 Å². The number of hydrogen-bond acceptors (Lipinski definition) is 4. The number of fused-ring (bicyclic) bond motifs is 1. The van der Waals surface area contributed by atoms with Crippen LogP contribution in [0, 0.1) is 11.3 Å². The molecular formula is C25H23N5. The summed E-state index contributed by atoms with van der Waals surface area (Å²) >= 11 is 0. The first-order valence-corrected chi connectivity index (χ1v) is 10.2. The van der Waals surface area contributed by atoms with Crippen molar-refractivity contribution in [3.63, 3.8) is 0 Å². The number of anilines is 1. The first-order chi connectivity index (χ1) is 14.7. The normalized spacial score (nSPS) is 18.6. The summed E-state index contributed by atoms with van der Waals surface area (Å²) in [5.41, 5.74) is 11.7. The van der Waals surface area contributed by atoms with Gasteiger partial charge in [-0.05, 0) is 35.4 Å². The standard InChI is InChI=1S/C25H23N5/c26-14-18-10-12-19(13-11-18)15-30-24-9-5-4-8-23(24)28-25(30)29-16-21(22(27)17-29)20-6-2-1-3-7-20/h1-13,21-22H,15-17,27H2/t21-,22+/m0/s1. The zero-order chi connectivity index (χ0) is 20.5. The van der Waals surface area contributed by atoms with Gasteiger partial charge in [0.1, 0.15) is 0 Å². The summed E-state index contributed by atoms with van der Waals surface area (Å²) in [6, 6.07) is 28.8. The molecular weight excluding hydrogens is 370 g/mol. The number of aromatic nitrogens is 2. The highest BCUT2D eigenvalue weighted by molar-refractivity contribution is 5.79. The number of para-hydroxylation sites is 2. The van der Waals surface area contributed by atoms with Crippen LogP contribution in [0.1, 0.15) is 22.6 Å². The van der Waals surface area contributed by atoms with Gasteiger partial charge in [0, 0.05) is 25.0 Å². The minimum Gasteiger partial charge on any atom is -0.340 e. The maximum atomic E-state index is 9.07. The Balaban J connectivity index is 1.51. The number of rotatable bonds is 4. The van der Waals surface area contributed by atoms with Crippen molar-refractivity contribution in [1.29, 1.82) is 5.26 Å². The number of hydrogen-bond donors (Lipinski definition) is 1. The van der Waals surface area contributed by atoms with Gasteiger partial charge < -0.3 is 15.2 Å². The third-order valence-corrected chi connectivity index (χ3v) is 5.93. The molecule has 1 saturated heterocycles. The molecule has 2 atom stereocenters. The van der Waals surface area contributed by atoms with Crippen LogP contribution in [0.3, 0.4) is 0 Å². The van der Waals surface area contributed by atoms with E-state index in [1.54, 1.807) is 0 Å². The molecule has 0 spiro atoms. The molecule has 0 amide bonds. The van der Waals surface area contributed by atoms with Crippen LogP contribution in [0.4, 0.5) is 5.95 Å². The van der Waals surface area contributed by atoms with Crippen LogP contribution >= 0.6 is 0 Å². The van der Waals surface area contributed by atoms with Crippen molar-refractivity contribution in [2.75, 3.05) is 18.0 Å². The summed E-state index contributed by atoms with van der Waals surface area (Å²) in [6.07, 6.45) is 0. The summed E-state index contributed by atoms with van der Waals surface area (Å²) in [4.78, 5) is 7.28.